The Morgan fingerprint density at radius 1 is 0.744 bits per heavy atom. The lowest BCUT2D eigenvalue weighted by Gasteiger charge is -2.07. The maximum atomic E-state index is 12.6. The van der Waals surface area contributed by atoms with Crippen molar-refractivity contribution in [3.8, 4) is 5.75 Å². The molecule has 2 N–H and O–H groups in total. The molecule has 0 bridgehead atoms. The normalized spacial score (nSPS) is 10.9. The van der Waals surface area contributed by atoms with Crippen LogP contribution in [-0.2, 0) is 4.79 Å². The van der Waals surface area contributed by atoms with Crippen molar-refractivity contribution < 1.29 is 19.1 Å². The first kappa shape index (κ1) is 27.3. The number of hydrazone groups is 1. The van der Waals surface area contributed by atoms with Gasteiger partial charge in [0.15, 0.2) is 0 Å². The van der Waals surface area contributed by atoms with Gasteiger partial charge >= 0.3 is 5.97 Å². The number of hydrogen-bond donors (Lipinski definition) is 2. The summed E-state index contributed by atoms with van der Waals surface area (Å²) in [5, 5.41) is 7.86. The fourth-order valence-electron chi connectivity index (χ4n) is 3.33. The number of amides is 2. The number of benzene rings is 4. The van der Waals surface area contributed by atoms with Crippen molar-refractivity contribution in [1.82, 2.24) is 5.43 Å². The predicted molar refractivity (Wildman–Crippen MR) is 153 cm³/mol. The van der Waals surface area contributed by atoms with Gasteiger partial charge in [0, 0.05) is 38.5 Å². The number of nitrogens with zero attached hydrogens (tertiary/aromatic N) is 1. The molecule has 4 aromatic rings. The van der Waals surface area contributed by atoms with Gasteiger partial charge in [0.1, 0.15) is 5.75 Å². The molecule has 194 valence electrons. The third-order valence-corrected chi connectivity index (χ3v) is 5.77. The zero-order chi connectivity index (χ0) is 27.6. The van der Waals surface area contributed by atoms with E-state index in [0.717, 1.165) is 5.56 Å². The Balaban J connectivity index is 1.36. The third-order valence-electron chi connectivity index (χ3n) is 5.27. The molecule has 0 aliphatic carbocycles. The first-order chi connectivity index (χ1) is 18.9. The summed E-state index contributed by atoms with van der Waals surface area (Å²) < 4.78 is 5.43. The minimum atomic E-state index is -0.577. The number of carbonyl (C=O) groups excluding carboxylic acids is 3. The summed E-state index contributed by atoms with van der Waals surface area (Å²) in [6.45, 7) is 0. The Labute approximate surface area is 234 Å². The van der Waals surface area contributed by atoms with Gasteiger partial charge in [0.05, 0.1) is 6.21 Å². The van der Waals surface area contributed by atoms with Crippen LogP contribution in [-0.4, -0.2) is 24.0 Å². The van der Waals surface area contributed by atoms with E-state index in [2.05, 4.69) is 15.8 Å². The molecule has 0 saturated heterocycles. The van der Waals surface area contributed by atoms with Gasteiger partial charge in [0.2, 0.25) is 0 Å². The van der Waals surface area contributed by atoms with E-state index in [0.29, 0.717) is 26.9 Å². The molecule has 2 amide bonds. The summed E-state index contributed by atoms with van der Waals surface area (Å²) in [5.74, 6) is -1.13. The number of hydrogen-bond acceptors (Lipinski definition) is 5. The van der Waals surface area contributed by atoms with Gasteiger partial charge in [-0.15, -0.1) is 0 Å². The Hall–Kier alpha value is -4.72. The molecular formula is C30H21Cl2N3O4. The number of halogens is 2. The van der Waals surface area contributed by atoms with E-state index in [9.17, 15) is 14.4 Å². The lowest BCUT2D eigenvalue weighted by atomic mass is 10.1. The summed E-state index contributed by atoms with van der Waals surface area (Å²) in [6.07, 6.45) is 4.29. The lowest BCUT2D eigenvalue weighted by molar-refractivity contribution is -0.128. The Bertz CT molecular complexity index is 1550. The predicted octanol–water partition coefficient (Wildman–Crippen LogP) is 6.63. The Morgan fingerprint density at radius 3 is 2.18 bits per heavy atom. The first-order valence-electron chi connectivity index (χ1n) is 11.6. The minimum Gasteiger partial charge on any atom is -0.423 e. The average molecular weight is 558 g/mol. The quantitative estimate of drug-likeness (QED) is 0.0835. The van der Waals surface area contributed by atoms with Crippen molar-refractivity contribution in [2.75, 3.05) is 5.32 Å². The topological polar surface area (TPSA) is 96.9 Å². The summed E-state index contributed by atoms with van der Waals surface area (Å²) in [5.41, 5.74) is 4.87. The van der Waals surface area contributed by atoms with Crippen LogP contribution < -0.4 is 15.5 Å². The molecule has 0 saturated carbocycles. The average Bonchev–Trinajstić information content (AvgIpc) is 2.94. The van der Waals surface area contributed by atoms with Crippen molar-refractivity contribution >= 4 is 59.0 Å². The molecular weight excluding hydrogens is 537 g/mol. The standard InChI is InChI=1S/C30H21Cl2N3O4/c31-24-13-8-20(9-14-24)10-17-28(36)39-27-7-2-1-4-23(27)19-33-35-30(38)22-5-3-6-26(18-22)34-29(37)21-11-15-25(32)16-12-21/h1-19H,(H,34,37)(H,35,38)/b17-10+,33-19?. The number of nitrogens with one attached hydrogen (secondary N) is 2. The highest BCUT2D eigenvalue weighted by atomic mass is 35.5. The lowest BCUT2D eigenvalue weighted by Crippen LogP contribution is -2.18. The second kappa shape index (κ2) is 13.2. The highest BCUT2D eigenvalue weighted by Gasteiger charge is 2.10. The fraction of sp³-hybridized carbons (Fsp3) is 0. The maximum Gasteiger partial charge on any atom is 0.336 e. The molecule has 0 aromatic heterocycles. The van der Waals surface area contributed by atoms with Crippen molar-refractivity contribution in [1.29, 1.82) is 0 Å². The van der Waals surface area contributed by atoms with E-state index in [1.165, 1.54) is 18.4 Å². The van der Waals surface area contributed by atoms with Crippen LogP contribution in [0, 0.1) is 0 Å². The summed E-state index contributed by atoms with van der Waals surface area (Å²) >= 11 is 11.7. The van der Waals surface area contributed by atoms with Crippen LogP contribution in [0.5, 0.6) is 5.75 Å². The Morgan fingerprint density at radius 2 is 1.44 bits per heavy atom. The molecule has 0 unspecified atom stereocenters. The van der Waals surface area contributed by atoms with Crippen LogP contribution in [0.1, 0.15) is 31.8 Å². The van der Waals surface area contributed by atoms with Gasteiger partial charge in [-0.3, -0.25) is 9.59 Å². The number of esters is 1. The second-order valence-corrected chi connectivity index (χ2v) is 8.96. The van der Waals surface area contributed by atoms with Crippen molar-refractivity contribution in [3.05, 3.63) is 135 Å². The van der Waals surface area contributed by atoms with Gasteiger partial charge in [-0.25, -0.2) is 10.2 Å². The van der Waals surface area contributed by atoms with E-state index in [1.807, 2.05) is 0 Å². The molecule has 0 fully saturated rings. The number of anilines is 1. The number of para-hydroxylation sites is 1. The largest absolute Gasteiger partial charge is 0.423 e. The number of rotatable bonds is 8. The van der Waals surface area contributed by atoms with Gasteiger partial charge < -0.3 is 10.1 Å². The molecule has 39 heavy (non-hydrogen) atoms. The molecule has 9 heteroatoms. The summed E-state index contributed by atoms with van der Waals surface area (Å²) in [7, 11) is 0. The maximum absolute atomic E-state index is 12.6. The number of carbonyl (C=O) groups is 3. The molecule has 0 aliphatic rings. The zero-order valence-corrected chi connectivity index (χ0v) is 21.8. The molecule has 0 heterocycles. The number of ether oxygens (including phenoxy) is 1. The van der Waals surface area contributed by atoms with Crippen LogP contribution in [0.25, 0.3) is 6.08 Å². The van der Waals surface area contributed by atoms with Gasteiger partial charge in [0.25, 0.3) is 11.8 Å². The van der Waals surface area contributed by atoms with Crippen molar-refractivity contribution in [3.63, 3.8) is 0 Å². The molecule has 0 radical (unpaired) electrons. The first-order valence-corrected chi connectivity index (χ1v) is 12.4. The summed E-state index contributed by atoms with van der Waals surface area (Å²) in [4.78, 5) is 37.4. The van der Waals surface area contributed by atoms with E-state index in [4.69, 9.17) is 27.9 Å². The second-order valence-electron chi connectivity index (χ2n) is 8.08. The molecule has 0 aliphatic heterocycles. The van der Waals surface area contributed by atoms with E-state index in [-0.39, 0.29) is 17.2 Å². The summed E-state index contributed by atoms with van der Waals surface area (Å²) in [6, 6.07) is 26.6. The zero-order valence-electron chi connectivity index (χ0n) is 20.3. The van der Waals surface area contributed by atoms with Gasteiger partial charge in [-0.05, 0) is 78.4 Å². The molecule has 0 atom stereocenters. The van der Waals surface area contributed by atoms with Crippen molar-refractivity contribution in [2.24, 2.45) is 5.10 Å². The third kappa shape index (κ3) is 8.13. The fourth-order valence-corrected chi connectivity index (χ4v) is 3.58. The van der Waals surface area contributed by atoms with Gasteiger partial charge in [-0.2, -0.15) is 5.10 Å². The molecule has 7 nitrogen and oxygen atoms in total. The van der Waals surface area contributed by atoms with Crippen LogP contribution in [0.3, 0.4) is 0 Å². The van der Waals surface area contributed by atoms with Crippen LogP contribution in [0.2, 0.25) is 10.0 Å². The van der Waals surface area contributed by atoms with E-state index >= 15 is 0 Å². The molecule has 0 spiro atoms. The monoisotopic (exact) mass is 557 g/mol. The van der Waals surface area contributed by atoms with Crippen molar-refractivity contribution in [2.45, 2.75) is 0 Å². The minimum absolute atomic E-state index is 0.271. The van der Waals surface area contributed by atoms with E-state index < -0.39 is 11.9 Å². The van der Waals surface area contributed by atoms with Crippen LogP contribution >= 0.6 is 23.2 Å². The Kier molecular flexibility index (Phi) is 9.24. The highest BCUT2D eigenvalue weighted by molar-refractivity contribution is 6.31. The highest BCUT2D eigenvalue weighted by Crippen LogP contribution is 2.18. The SMILES string of the molecule is O=C(/C=C/c1ccc(Cl)cc1)Oc1ccccc1C=NNC(=O)c1cccc(NC(=O)c2ccc(Cl)cc2)c1. The molecule has 4 aromatic carbocycles. The van der Waals surface area contributed by atoms with E-state index in [1.54, 1.807) is 97.1 Å². The van der Waals surface area contributed by atoms with Gasteiger partial charge in [-0.1, -0.05) is 53.5 Å². The smallest absolute Gasteiger partial charge is 0.336 e. The van der Waals surface area contributed by atoms with Crippen LogP contribution in [0.15, 0.2) is 108 Å². The molecule has 4 rings (SSSR count). The van der Waals surface area contributed by atoms with Crippen LogP contribution in [0.4, 0.5) is 5.69 Å².